The van der Waals surface area contributed by atoms with Gasteiger partial charge in [0.2, 0.25) is 5.89 Å². The van der Waals surface area contributed by atoms with Crippen LogP contribution in [-0.2, 0) is 0 Å². The Morgan fingerprint density at radius 3 is 2.50 bits per heavy atom. The lowest BCUT2D eigenvalue weighted by molar-refractivity contribution is 0.394. The summed E-state index contributed by atoms with van der Waals surface area (Å²) in [5.74, 6) is 2.31. The van der Waals surface area contributed by atoms with Gasteiger partial charge in [0.05, 0.1) is 20.3 Å². The summed E-state index contributed by atoms with van der Waals surface area (Å²) in [6, 6.07) is 7.41. The number of ether oxygens (including phenoxy) is 2. The zero-order valence-corrected chi connectivity index (χ0v) is 11.9. The number of benzene rings is 1. The van der Waals surface area contributed by atoms with Crippen LogP contribution in [0.15, 0.2) is 27.8 Å². The molecule has 0 atom stereocenters. The van der Waals surface area contributed by atoms with Crippen molar-refractivity contribution < 1.29 is 13.9 Å². The standard InChI is InChI=1S/C13H13N3O3S/c1-17-10-6-9(7-11(8-10)18-2)12-15-16-13(19-12)20-5-3-4-14/h6-8H,3,5H2,1-2H3. The van der Waals surface area contributed by atoms with Crippen LogP contribution in [-0.4, -0.2) is 30.2 Å². The van der Waals surface area contributed by atoms with Crippen molar-refractivity contribution in [3.05, 3.63) is 18.2 Å². The van der Waals surface area contributed by atoms with E-state index < -0.39 is 0 Å². The predicted molar refractivity (Wildman–Crippen MR) is 73.8 cm³/mol. The van der Waals surface area contributed by atoms with Crippen LogP contribution in [0.1, 0.15) is 6.42 Å². The maximum absolute atomic E-state index is 8.49. The van der Waals surface area contributed by atoms with Crippen molar-refractivity contribution in [3.63, 3.8) is 0 Å². The Morgan fingerprint density at radius 2 is 1.90 bits per heavy atom. The monoisotopic (exact) mass is 291 g/mol. The van der Waals surface area contributed by atoms with Crippen LogP contribution < -0.4 is 9.47 Å². The van der Waals surface area contributed by atoms with E-state index in [1.165, 1.54) is 11.8 Å². The van der Waals surface area contributed by atoms with Crippen molar-refractivity contribution in [1.82, 2.24) is 10.2 Å². The third-order valence-electron chi connectivity index (χ3n) is 2.44. The average molecular weight is 291 g/mol. The number of methoxy groups -OCH3 is 2. The minimum absolute atomic E-state index is 0.390. The molecule has 0 radical (unpaired) electrons. The molecule has 0 amide bonds. The van der Waals surface area contributed by atoms with E-state index >= 15 is 0 Å². The van der Waals surface area contributed by atoms with Gasteiger partial charge in [-0.05, 0) is 12.1 Å². The molecule has 0 spiro atoms. The zero-order chi connectivity index (χ0) is 14.4. The number of nitrogens with zero attached hydrogens (tertiary/aromatic N) is 3. The van der Waals surface area contributed by atoms with Gasteiger partial charge in [0.15, 0.2) is 0 Å². The Hall–Kier alpha value is -2.20. The molecule has 7 heteroatoms. The van der Waals surface area contributed by atoms with Crippen molar-refractivity contribution in [2.24, 2.45) is 0 Å². The van der Waals surface area contributed by atoms with Crippen molar-refractivity contribution in [1.29, 1.82) is 5.26 Å². The van der Waals surface area contributed by atoms with E-state index in [0.717, 1.165) is 5.56 Å². The molecule has 1 aromatic carbocycles. The summed E-state index contributed by atoms with van der Waals surface area (Å²) in [5.41, 5.74) is 0.723. The van der Waals surface area contributed by atoms with E-state index in [2.05, 4.69) is 16.3 Å². The molecule has 0 aliphatic carbocycles. The molecule has 1 aromatic heterocycles. The van der Waals surface area contributed by atoms with Crippen LogP contribution in [0.2, 0.25) is 0 Å². The molecule has 0 bridgehead atoms. The molecular weight excluding hydrogens is 278 g/mol. The highest BCUT2D eigenvalue weighted by atomic mass is 32.2. The van der Waals surface area contributed by atoms with Gasteiger partial charge in [-0.15, -0.1) is 10.2 Å². The highest BCUT2D eigenvalue weighted by Gasteiger charge is 2.11. The fourth-order valence-electron chi connectivity index (χ4n) is 1.50. The first-order valence-corrected chi connectivity index (χ1v) is 6.82. The molecule has 0 saturated heterocycles. The number of hydrogen-bond donors (Lipinski definition) is 0. The van der Waals surface area contributed by atoms with Gasteiger partial charge in [-0.2, -0.15) is 5.26 Å². The lowest BCUT2D eigenvalue weighted by Crippen LogP contribution is -1.88. The van der Waals surface area contributed by atoms with Crippen LogP contribution in [0.25, 0.3) is 11.5 Å². The minimum atomic E-state index is 0.390. The zero-order valence-electron chi connectivity index (χ0n) is 11.1. The normalized spacial score (nSPS) is 10.1. The van der Waals surface area contributed by atoms with Crippen molar-refractivity contribution in [2.75, 3.05) is 20.0 Å². The summed E-state index contributed by atoms with van der Waals surface area (Å²) in [6.45, 7) is 0. The second-order valence-electron chi connectivity index (χ2n) is 3.73. The number of aromatic nitrogens is 2. The third-order valence-corrected chi connectivity index (χ3v) is 3.26. The van der Waals surface area contributed by atoms with Gasteiger partial charge >= 0.3 is 0 Å². The van der Waals surface area contributed by atoms with Gasteiger partial charge in [-0.1, -0.05) is 11.8 Å². The molecule has 1 heterocycles. The van der Waals surface area contributed by atoms with Crippen molar-refractivity contribution in [3.8, 4) is 29.0 Å². The van der Waals surface area contributed by atoms with Crippen LogP contribution in [0.5, 0.6) is 11.5 Å². The van der Waals surface area contributed by atoms with E-state index in [9.17, 15) is 0 Å². The highest BCUT2D eigenvalue weighted by molar-refractivity contribution is 7.99. The van der Waals surface area contributed by atoms with Gasteiger partial charge in [-0.25, -0.2) is 0 Å². The number of rotatable bonds is 6. The van der Waals surface area contributed by atoms with E-state index in [1.54, 1.807) is 32.4 Å². The summed E-state index contributed by atoms with van der Waals surface area (Å²) < 4.78 is 15.9. The summed E-state index contributed by atoms with van der Waals surface area (Å²) >= 11 is 1.36. The highest BCUT2D eigenvalue weighted by Crippen LogP contribution is 2.30. The van der Waals surface area contributed by atoms with Crippen LogP contribution in [0.3, 0.4) is 0 Å². The summed E-state index contributed by atoms with van der Waals surface area (Å²) in [6.07, 6.45) is 0.440. The van der Waals surface area contributed by atoms with Gasteiger partial charge in [-0.3, -0.25) is 0 Å². The van der Waals surface area contributed by atoms with Crippen LogP contribution in [0.4, 0.5) is 0 Å². The lowest BCUT2D eigenvalue weighted by atomic mass is 10.2. The average Bonchev–Trinajstić information content (AvgIpc) is 2.96. The fraction of sp³-hybridized carbons (Fsp3) is 0.308. The quantitative estimate of drug-likeness (QED) is 0.598. The molecular formula is C13H13N3O3S. The summed E-state index contributed by atoms with van der Waals surface area (Å²) in [5, 5.41) is 16.8. The van der Waals surface area contributed by atoms with E-state index in [-0.39, 0.29) is 0 Å². The second kappa shape index (κ2) is 6.82. The Balaban J connectivity index is 2.21. The summed E-state index contributed by atoms with van der Waals surface area (Å²) in [7, 11) is 3.16. The van der Waals surface area contributed by atoms with E-state index in [0.29, 0.717) is 34.8 Å². The first-order chi connectivity index (χ1) is 9.76. The number of thioether (sulfide) groups is 1. The van der Waals surface area contributed by atoms with Crippen LogP contribution >= 0.6 is 11.8 Å². The summed E-state index contributed by atoms with van der Waals surface area (Å²) in [4.78, 5) is 0. The Bertz CT molecular complexity index is 599. The van der Waals surface area contributed by atoms with Crippen molar-refractivity contribution in [2.45, 2.75) is 11.6 Å². The first kappa shape index (κ1) is 14.2. The molecule has 0 aliphatic rings. The van der Waals surface area contributed by atoms with Gasteiger partial charge in [0.25, 0.3) is 5.22 Å². The smallest absolute Gasteiger partial charge is 0.276 e. The first-order valence-electron chi connectivity index (χ1n) is 5.83. The van der Waals surface area contributed by atoms with Crippen LogP contribution in [0, 0.1) is 11.3 Å². The van der Waals surface area contributed by atoms with E-state index in [4.69, 9.17) is 19.2 Å². The SMILES string of the molecule is COc1cc(OC)cc(-c2nnc(SCCC#N)o2)c1. The molecule has 0 fully saturated rings. The molecule has 20 heavy (non-hydrogen) atoms. The lowest BCUT2D eigenvalue weighted by Gasteiger charge is -2.05. The largest absolute Gasteiger partial charge is 0.497 e. The molecule has 0 unspecified atom stereocenters. The molecule has 0 saturated carbocycles. The van der Waals surface area contributed by atoms with Crippen molar-refractivity contribution >= 4 is 11.8 Å². The topological polar surface area (TPSA) is 81.2 Å². The molecule has 0 N–H and O–H groups in total. The molecule has 6 nitrogen and oxygen atoms in total. The molecule has 2 aromatic rings. The van der Waals surface area contributed by atoms with Gasteiger partial charge < -0.3 is 13.9 Å². The Morgan fingerprint density at radius 1 is 1.20 bits per heavy atom. The Kier molecular flexibility index (Phi) is 4.85. The maximum atomic E-state index is 8.49. The molecule has 2 rings (SSSR count). The van der Waals surface area contributed by atoms with Gasteiger partial charge in [0, 0.05) is 23.8 Å². The third kappa shape index (κ3) is 3.42. The molecule has 104 valence electrons. The van der Waals surface area contributed by atoms with E-state index in [1.807, 2.05) is 0 Å². The Labute approximate surface area is 120 Å². The fourth-order valence-corrected chi connectivity index (χ4v) is 2.10. The second-order valence-corrected chi connectivity index (χ2v) is 4.78. The minimum Gasteiger partial charge on any atom is -0.497 e. The number of nitriles is 1. The molecule has 0 aliphatic heterocycles. The van der Waals surface area contributed by atoms with Gasteiger partial charge in [0.1, 0.15) is 11.5 Å². The predicted octanol–water partition coefficient (Wildman–Crippen LogP) is 2.76. The maximum Gasteiger partial charge on any atom is 0.276 e. The number of hydrogen-bond acceptors (Lipinski definition) is 7.